The quantitative estimate of drug-likeness (QED) is 0.266. The van der Waals surface area contributed by atoms with Gasteiger partial charge in [0, 0.05) is 23.2 Å². The molecule has 3 rings (SSSR count). The lowest BCUT2D eigenvalue weighted by Crippen LogP contribution is -2.22. The number of thiazole rings is 1. The molecule has 0 aliphatic heterocycles. The van der Waals surface area contributed by atoms with E-state index in [2.05, 4.69) is 4.99 Å². The summed E-state index contributed by atoms with van der Waals surface area (Å²) in [5, 5.41) is 11.2. The highest BCUT2D eigenvalue weighted by atomic mass is 35.5. The molecule has 0 saturated carbocycles. The molecule has 0 bridgehead atoms. The first-order valence-corrected chi connectivity index (χ1v) is 9.44. The summed E-state index contributed by atoms with van der Waals surface area (Å²) >= 11 is 7.24. The van der Waals surface area contributed by atoms with Gasteiger partial charge in [0.1, 0.15) is 6.54 Å². The summed E-state index contributed by atoms with van der Waals surface area (Å²) in [7, 11) is 1.28. The molecular formula is C19H14ClN3O5S. The summed E-state index contributed by atoms with van der Waals surface area (Å²) in [5.41, 5.74) is 1.28. The van der Waals surface area contributed by atoms with E-state index in [0.29, 0.717) is 20.9 Å². The fourth-order valence-corrected chi connectivity index (χ4v) is 3.80. The number of carbonyl (C=O) groups is 2. The second-order valence-electron chi connectivity index (χ2n) is 5.79. The first-order valence-electron chi connectivity index (χ1n) is 8.24. The molecule has 0 unspecified atom stereocenters. The normalized spacial score (nSPS) is 11.9. The lowest BCUT2D eigenvalue weighted by Gasteiger charge is -2.03. The lowest BCUT2D eigenvalue weighted by atomic mass is 10.2. The number of carbonyl (C=O) groups excluding carboxylic acids is 2. The van der Waals surface area contributed by atoms with Crippen LogP contribution in [0, 0.1) is 10.1 Å². The summed E-state index contributed by atoms with van der Waals surface area (Å²) in [5.74, 6) is -1.02. The molecular weight excluding hydrogens is 418 g/mol. The predicted molar refractivity (Wildman–Crippen MR) is 110 cm³/mol. The second kappa shape index (κ2) is 8.80. The number of amides is 1. The first kappa shape index (κ1) is 20.4. The van der Waals surface area contributed by atoms with Gasteiger partial charge in [-0.05, 0) is 42.0 Å². The van der Waals surface area contributed by atoms with Crippen molar-refractivity contribution in [3.05, 3.63) is 74.0 Å². The average molecular weight is 432 g/mol. The fourth-order valence-electron chi connectivity index (χ4n) is 2.49. The standard InChI is InChI=1S/C19H14ClN3O5S/c1-28-18(25)11-22-15-8-5-13(20)10-16(15)29-19(22)21-17(24)9-4-12-2-6-14(7-3-12)23(26)27/h2-10H,11H2,1H3. The molecule has 0 atom stereocenters. The maximum Gasteiger partial charge on any atom is 0.325 e. The van der Waals surface area contributed by atoms with Gasteiger partial charge in [0.05, 0.1) is 22.2 Å². The van der Waals surface area contributed by atoms with Crippen LogP contribution in [-0.4, -0.2) is 28.5 Å². The molecule has 0 aliphatic carbocycles. The van der Waals surface area contributed by atoms with Crippen LogP contribution in [0.2, 0.25) is 5.02 Å². The molecule has 10 heteroatoms. The molecule has 0 aliphatic rings. The van der Waals surface area contributed by atoms with Crippen LogP contribution >= 0.6 is 22.9 Å². The summed E-state index contributed by atoms with van der Waals surface area (Å²) in [6, 6.07) is 10.9. The third kappa shape index (κ3) is 4.95. The molecule has 0 radical (unpaired) electrons. The number of halogens is 1. The molecule has 0 N–H and O–H groups in total. The van der Waals surface area contributed by atoms with Crippen LogP contribution in [0.4, 0.5) is 5.69 Å². The Morgan fingerprint density at radius 3 is 2.66 bits per heavy atom. The number of rotatable bonds is 5. The number of methoxy groups -OCH3 is 1. The molecule has 0 fully saturated rings. The predicted octanol–water partition coefficient (Wildman–Crippen LogP) is 3.58. The van der Waals surface area contributed by atoms with Gasteiger partial charge in [-0.25, -0.2) is 0 Å². The van der Waals surface area contributed by atoms with E-state index < -0.39 is 16.8 Å². The largest absolute Gasteiger partial charge is 0.468 e. The van der Waals surface area contributed by atoms with Gasteiger partial charge < -0.3 is 9.30 Å². The van der Waals surface area contributed by atoms with Crippen molar-refractivity contribution in [1.82, 2.24) is 4.57 Å². The SMILES string of the molecule is COC(=O)Cn1c(=NC(=O)C=Cc2ccc([N+](=O)[O-])cc2)sc2cc(Cl)ccc21. The Labute approximate surface area is 173 Å². The van der Waals surface area contributed by atoms with Crippen molar-refractivity contribution in [1.29, 1.82) is 0 Å². The number of hydrogen-bond acceptors (Lipinski definition) is 6. The lowest BCUT2D eigenvalue weighted by molar-refractivity contribution is -0.384. The Morgan fingerprint density at radius 1 is 1.28 bits per heavy atom. The molecule has 29 heavy (non-hydrogen) atoms. The maximum atomic E-state index is 12.3. The van der Waals surface area contributed by atoms with Gasteiger partial charge in [-0.15, -0.1) is 0 Å². The van der Waals surface area contributed by atoms with Crippen molar-refractivity contribution in [3.8, 4) is 0 Å². The van der Waals surface area contributed by atoms with Gasteiger partial charge in [0.2, 0.25) is 0 Å². The maximum absolute atomic E-state index is 12.3. The van der Waals surface area contributed by atoms with Crippen LogP contribution in [0.25, 0.3) is 16.3 Å². The van der Waals surface area contributed by atoms with Crippen molar-refractivity contribution in [3.63, 3.8) is 0 Å². The van der Waals surface area contributed by atoms with Crippen LogP contribution in [0.15, 0.2) is 53.5 Å². The molecule has 1 aromatic heterocycles. The summed E-state index contributed by atoms with van der Waals surface area (Å²) in [6.07, 6.45) is 2.76. The third-order valence-electron chi connectivity index (χ3n) is 3.89. The Kier molecular flexibility index (Phi) is 6.20. The Morgan fingerprint density at radius 2 is 2.00 bits per heavy atom. The number of nitro groups is 1. The van der Waals surface area contributed by atoms with E-state index in [1.54, 1.807) is 22.8 Å². The van der Waals surface area contributed by atoms with E-state index in [-0.39, 0.29) is 12.2 Å². The Bertz CT molecular complexity index is 1190. The Hall–Kier alpha value is -3.30. The monoisotopic (exact) mass is 431 g/mol. The van der Waals surface area contributed by atoms with E-state index in [9.17, 15) is 19.7 Å². The van der Waals surface area contributed by atoms with Gasteiger partial charge >= 0.3 is 5.97 Å². The van der Waals surface area contributed by atoms with Gasteiger partial charge in [0.25, 0.3) is 11.6 Å². The van der Waals surface area contributed by atoms with Gasteiger partial charge in [-0.2, -0.15) is 4.99 Å². The smallest absolute Gasteiger partial charge is 0.325 e. The van der Waals surface area contributed by atoms with E-state index in [1.807, 2.05) is 0 Å². The summed E-state index contributed by atoms with van der Waals surface area (Å²) in [6.45, 7) is -0.101. The van der Waals surface area contributed by atoms with Crippen molar-refractivity contribution in [2.24, 2.45) is 4.99 Å². The van der Waals surface area contributed by atoms with E-state index in [1.165, 1.54) is 54.9 Å². The summed E-state index contributed by atoms with van der Waals surface area (Å²) in [4.78, 5) is 38.6. The second-order valence-corrected chi connectivity index (χ2v) is 7.24. The summed E-state index contributed by atoms with van der Waals surface area (Å²) < 4.78 is 7.07. The van der Waals surface area contributed by atoms with Crippen molar-refractivity contribution in [2.75, 3.05) is 7.11 Å². The highest BCUT2D eigenvalue weighted by Gasteiger charge is 2.11. The Balaban J connectivity index is 1.93. The molecule has 1 amide bonds. The number of ether oxygens (including phenoxy) is 1. The number of hydrogen-bond donors (Lipinski definition) is 0. The third-order valence-corrected chi connectivity index (χ3v) is 5.16. The van der Waals surface area contributed by atoms with Gasteiger partial charge in [-0.1, -0.05) is 22.9 Å². The number of non-ortho nitro benzene ring substituents is 1. The molecule has 2 aromatic carbocycles. The molecule has 8 nitrogen and oxygen atoms in total. The highest BCUT2D eigenvalue weighted by Crippen LogP contribution is 2.22. The number of nitro benzene ring substituents is 1. The van der Waals surface area contributed by atoms with Gasteiger partial charge in [0.15, 0.2) is 4.80 Å². The number of esters is 1. The van der Waals surface area contributed by atoms with Crippen LogP contribution in [0.5, 0.6) is 0 Å². The number of nitrogens with zero attached hydrogens (tertiary/aromatic N) is 3. The fraction of sp³-hybridized carbons (Fsp3) is 0.105. The molecule has 148 valence electrons. The van der Waals surface area contributed by atoms with Crippen molar-refractivity contribution >= 4 is 56.8 Å². The van der Waals surface area contributed by atoms with E-state index >= 15 is 0 Å². The molecule has 0 saturated heterocycles. The van der Waals surface area contributed by atoms with Gasteiger partial charge in [-0.3, -0.25) is 19.7 Å². The van der Waals surface area contributed by atoms with Crippen molar-refractivity contribution < 1.29 is 19.2 Å². The zero-order chi connectivity index (χ0) is 21.0. The van der Waals surface area contributed by atoms with Crippen molar-refractivity contribution in [2.45, 2.75) is 6.54 Å². The average Bonchev–Trinajstić information content (AvgIpc) is 3.02. The van der Waals surface area contributed by atoms with Crippen LogP contribution in [0.3, 0.4) is 0 Å². The number of benzene rings is 2. The van der Waals surface area contributed by atoms with Crippen LogP contribution < -0.4 is 4.80 Å². The van der Waals surface area contributed by atoms with E-state index in [4.69, 9.17) is 16.3 Å². The van der Waals surface area contributed by atoms with Crippen LogP contribution in [0.1, 0.15) is 5.56 Å². The zero-order valence-electron chi connectivity index (χ0n) is 15.1. The first-order chi connectivity index (χ1) is 13.9. The minimum Gasteiger partial charge on any atom is -0.468 e. The molecule has 0 spiro atoms. The molecule has 1 heterocycles. The highest BCUT2D eigenvalue weighted by molar-refractivity contribution is 7.16. The van der Waals surface area contributed by atoms with Crippen LogP contribution in [-0.2, 0) is 20.9 Å². The minimum absolute atomic E-state index is 0.0362. The number of aromatic nitrogens is 1. The zero-order valence-corrected chi connectivity index (χ0v) is 16.6. The molecule has 3 aromatic rings. The minimum atomic E-state index is -0.542. The van der Waals surface area contributed by atoms with E-state index in [0.717, 1.165) is 4.70 Å². The topological polar surface area (TPSA) is 104 Å². The number of fused-ring (bicyclic) bond motifs is 1.